The molecule has 154 valence electrons. The molecule has 2 aromatic carbocycles. The smallest absolute Gasteiger partial charge is 0.414 e. The zero-order chi connectivity index (χ0) is 20.8. The van der Waals surface area contributed by atoms with Crippen molar-refractivity contribution < 1.29 is 17.9 Å². The molecule has 2 heterocycles. The second kappa shape index (κ2) is 7.15. The predicted molar refractivity (Wildman–Crippen MR) is 113 cm³/mol. The zero-order valence-corrected chi connectivity index (χ0v) is 17.8. The Kier molecular flexibility index (Phi) is 4.91. The molecule has 0 bridgehead atoms. The molecule has 2 aliphatic heterocycles. The quantitative estimate of drug-likeness (QED) is 0.748. The van der Waals surface area contributed by atoms with Crippen LogP contribution in [0.4, 0.5) is 10.5 Å². The summed E-state index contributed by atoms with van der Waals surface area (Å²) in [7, 11) is -1.44. The van der Waals surface area contributed by atoms with Gasteiger partial charge in [-0.3, -0.25) is 4.90 Å². The standard InChI is InChI=1S/C22H26N2O4S/c1-4-19-13-24(21(25)28-19)18-9-5-16(6-10-18)17-7-11-20(12-8-17)29(26,27)22(2)14-23(3)15-22/h5-12,19H,4,13-15H2,1-3H3/t19-/m0/s1. The first-order valence-corrected chi connectivity index (χ1v) is 11.3. The minimum atomic E-state index is -3.37. The second-order valence-corrected chi connectivity index (χ2v) is 10.7. The summed E-state index contributed by atoms with van der Waals surface area (Å²) >= 11 is 0. The lowest BCUT2D eigenvalue weighted by Gasteiger charge is -2.45. The van der Waals surface area contributed by atoms with Crippen LogP contribution in [0.1, 0.15) is 20.3 Å². The normalized spacial score (nSPS) is 21.7. The first kappa shape index (κ1) is 19.9. The third-order valence-electron chi connectivity index (χ3n) is 5.86. The van der Waals surface area contributed by atoms with E-state index in [0.29, 0.717) is 24.5 Å². The number of sulfone groups is 1. The molecule has 2 aliphatic rings. The number of carbonyl (C=O) groups excluding carboxylic acids is 1. The molecule has 2 fully saturated rings. The summed E-state index contributed by atoms with van der Waals surface area (Å²) in [5, 5.41) is 0. The van der Waals surface area contributed by atoms with E-state index in [2.05, 4.69) is 0 Å². The third-order valence-corrected chi connectivity index (χ3v) is 8.31. The highest BCUT2D eigenvalue weighted by Gasteiger charge is 2.48. The number of carbonyl (C=O) groups is 1. The lowest BCUT2D eigenvalue weighted by molar-refractivity contribution is 0.139. The lowest BCUT2D eigenvalue weighted by atomic mass is 10.0. The molecule has 0 aliphatic carbocycles. The Labute approximate surface area is 172 Å². The van der Waals surface area contributed by atoms with Crippen LogP contribution < -0.4 is 4.90 Å². The first-order valence-electron chi connectivity index (χ1n) is 9.85. The average molecular weight is 415 g/mol. The number of cyclic esters (lactones) is 1. The van der Waals surface area contributed by atoms with Gasteiger partial charge in [0.15, 0.2) is 9.84 Å². The molecule has 1 amide bonds. The Morgan fingerprint density at radius 3 is 2.07 bits per heavy atom. The fourth-order valence-corrected chi connectivity index (χ4v) is 6.00. The van der Waals surface area contributed by atoms with Crippen LogP contribution in [-0.2, 0) is 14.6 Å². The average Bonchev–Trinajstić information content (AvgIpc) is 3.08. The number of amides is 1. The summed E-state index contributed by atoms with van der Waals surface area (Å²) in [4.78, 5) is 16.0. The molecular weight excluding hydrogens is 388 g/mol. The second-order valence-electron chi connectivity index (χ2n) is 8.22. The van der Waals surface area contributed by atoms with Crippen molar-refractivity contribution in [3.05, 3.63) is 48.5 Å². The van der Waals surface area contributed by atoms with E-state index >= 15 is 0 Å². The van der Waals surface area contributed by atoms with Gasteiger partial charge in [-0.25, -0.2) is 13.2 Å². The van der Waals surface area contributed by atoms with Crippen LogP contribution in [0.25, 0.3) is 11.1 Å². The van der Waals surface area contributed by atoms with Crippen LogP contribution >= 0.6 is 0 Å². The van der Waals surface area contributed by atoms with Gasteiger partial charge in [0.05, 0.1) is 16.2 Å². The first-order chi connectivity index (χ1) is 13.7. The molecule has 0 unspecified atom stereocenters. The van der Waals surface area contributed by atoms with Crippen molar-refractivity contribution in [1.29, 1.82) is 0 Å². The van der Waals surface area contributed by atoms with Crippen LogP contribution in [-0.4, -0.2) is 56.9 Å². The topological polar surface area (TPSA) is 66.9 Å². The molecule has 2 saturated heterocycles. The summed E-state index contributed by atoms with van der Waals surface area (Å²) in [6.45, 7) is 5.47. The molecule has 1 atom stereocenters. The number of likely N-dealkylation sites (tertiary alicyclic amines) is 1. The van der Waals surface area contributed by atoms with Gasteiger partial charge in [-0.15, -0.1) is 0 Å². The van der Waals surface area contributed by atoms with Gasteiger partial charge in [0.25, 0.3) is 0 Å². The van der Waals surface area contributed by atoms with E-state index in [4.69, 9.17) is 4.74 Å². The van der Waals surface area contributed by atoms with Gasteiger partial charge in [-0.05, 0) is 55.8 Å². The highest BCUT2D eigenvalue weighted by Crippen LogP contribution is 2.34. The minimum Gasteiger partial charge on any atom is -0.444 e. The van der Waals surface area contributed by atoms with Crippen molar-refractivity contribution in [2.75, 3.05) is 31.6 Å². The van der Waals surface area contributed by atoms with Crippen molar-refractivity contribution in [1.82, 2.24) is 4.90 Å². The molecule has 0 N–H and O–H groups in total. The molecule has 0 spiro atoms. The maximum absolute atomic E-state index is 12.9. The van der Waals surface area contributed by atoms with Gasteiger partial charge in [0.2, 0.25) is 0 Å². The molecule has 2 aromatic rings. The molecule has 6 nitrogen and oxygen atoms in total. The van der Waals surface area contributed by atoms with Crippen molar-refractivity contribution in [3.8, 4) is 11.1 Å². The summed E-state index contributed by atoms with van der Waals surface area (Å²) in [6.07, 6.45) is 0.425. The summed E-state index contributed by atoms with van der Waals surface area (Å²) in [6, 6.07) is 14.7. The van der Waals surface area contributed by atoms with Gasteiger partial charge in [-0.1, -0.05) is 31.2 Å². The molecule has 0 aromatic heterocycles. The monoisotopic (exact) mass is 414 g/mol. The molecule has 0 radical (unpaired) electrons. The predicted octanol–water partition coefficient (Wildman–Crippen LogP) is 3.57. The van der Waals surface area contributed by atoms with Crippen molar-refractivity contribution >= 4 is 21.6 Å². The van der Waals surface area contributed by atoms with Gasteiger partial charge < -0.3 is 9.64 Å². The number of anilines is 1. The molecule has 7 heteroatoms. The largest absolute Gasteiger partial charge is 0.444 e. The lowest BCUT2D eigenvalue weighted by Crippen LogP contribution is -2.62. The molecule has 29 heavy (non-hydrogen) atoms. The summed E-state index contributed by atoms with van der Waals surface area (Å²) < 4.78 is 30.5. The number of nitrogens with zero attached hydrogens (tertiary/aromatic N) is 2. The van der Waals surface area contributed by atoms with E-state index in [1.54, 1.807) is 24.0 Å². The van der Waals surface area contributed by atoms with Gasteiger partial charge >= 0.3 is 6.09 Å². The van der Waals surface area contributed by atoms with E-state index in [-0.39, 0.29) is 12.2 Å². The van der Waals surface area contributed by atoms with E-state index < -0.39 is 14.6 Å². The molecule has 0 saturated carbocycles. The Balaban J connectivity index is 1.52. The van der Waals surface area contributed by atoms with E-state index in [1.807, 2.05) is 55.3 Å². The Morgan fingerprint density at radius 1 is 1.03 bits per heavy atom. The van der Waals surface area contributed by atoms with Crippen LogP contribution in [0.5, 0.6) is 0 Å². The number of hydrogen-bond donors (Lipinski definition) is 0. The maximum atomic E-state index is 12.9. The number of hydrogen-bond acceptors (Lipinski definition) is 5. The Morgan fingerprint density at radius 2 is 1.59 bits per heavy atom. The molecular formula is C22H26N2O4S. The van der Waals surface area contributed by atoms with Crippen molar-refractivity contribution in [2.24, 2.45) is 0 Å². The summed E-state index contributed by atoms with van der Waals surface area (Å²) in [5.41, 5.74) is 2.70. The van der Waals surface area contributed by atoms with E-state index in [1.165, 1.54) is 0 Å². The highest BCUT2D eigenvalue weighted by atomic mass is 32.2. The Hall–Kier alpha value is -2.38. The fourth-order valence-electron chi connectivity index (χ4n) is 4.16. The van der Waals surface area contributed by atoms with Crippen LogP contribution in [0.15, 0.2) is 53.4 Å². The van der Waals surface area contributed by atoms with Gasteiger partial charge in [0, 0.05) is 18.8 Å². The number of ether oxygens (including phenoxy) is 1. The maximum Gasteiger partial charge on any atom is 0.414 e. The van der Waals surface area contributed by atoms with Gasteiger partial charge in [-0.2, -0.15) is 0 Å². The zero-order valence-electron chi connectivity index (χ0n) is 17.0. The van der Waals surface area contributed by atoms with Crippen LogP contribution in [0.2, 0.25) is 0 Å². The summed E-state index contributed by atoms with van der Waals surface area (Å²) in [5.74, 6) is 0. The van der Waals surface area contributed by atoms with Crippen LogP contribution in [0, 0.1) is 0 Å². The number of benzene rings is 2. The number of rotatable bonds is 5. The van der Waals surface area contributed by atoms with E-state index in [9.17, 15) is 13.2 Å². The van der Waals surface area contributed by atoms with Gasteiger partial charge in [0.1, 0.15) is 6.10 Å². The fraction of sp³-hybridized carbons (Fsp3) is 0.409. The Bertz CT molecular complexity index is 1010. The minimum absolute atomic E-state index is 0.0611. The third kappa shape index (κ3) is 3.42. The highest BCUT2D eigenvalue weighted by molar-refractivity contribution is 7.93. The van der Waals surface area contributed by atoms with Crippen LogP contribution in [0.3, 0.4) is 0 Å². The van der Waals surface area contributed by atoms with Crippen molar-refractivity contribution in [2.45, 2.75) is 36.0 Å². The van der Waals surface area contributed by atoms with Crippen molar-refractivity contribution in [3.63, 3.8) is 0 Å². The molecule has 4 rings (SSSR count). The van der Waals surface area contributed by atoms with E-state index in [0.717, 1.165) is 23.2 Å². The SMILES string of the molecule is CC[C@H]1CN(c2ccc(-c3ccc(S(=O)(=O)C4(C)CN(C)C4)cc3)cc2)C(=O)O1.